The monoisotopic (exact) mass is 507 g/mol. The third-order valence-corrected chi connectivity index (χ3v) is 6.71. The van der Waals surface area contributed by atoms with Crippen LogP contribution in [0.3, 0.4) is 0 Å². The zero-order valence-electron chi connectivity index (χ0n) is 22.8. The van der Waals surface area contributed by atoms with E-state index in [2.05, 4.69) is 0 Å². The molecule has 0 saturated carbocycles. The van der Waals surface area contributed by atoms with Gasteiger partial charge in [-0.25, -0.2) is 4.79 Å². The average molecular weight is 508 g/mol. The van der Waals surface area contributed by atoms with E-state index in [1.165, 1.54) is 0 Å². The largest absolute Gasteiger partial charge is 0.489 e. The van der Waals surface area contributed by atoms with Gasteiger partial charge in [-0.3, -0.25) is 4.79 Å². The van der Waals surface area contributed by atoms with Crippen LogP contribution in [-0.2, 0) is 27.4 Å². The Bertz CT molecular complexity index is 1060. The Labute approximate surface area is 221 Å². The molecule has 6 heteroatoms. The lowest BCUT2D eigenvalue weighted by molar-refractivity contribution is -0.167. The number of benzene rings is 2. The second-order valence-electron chi connectivity index (χ2n) is 10.9. The van der Waals surface area contributed by atoms with E-state index in [0.717, 1.165) is 28.9 Å². The fourth-order valence-electron chi connectivity index (χ4n) is 4.55. The molecule has 37 heavy (non-hydrogen) atoms. The van der Waals surface area contributed by atoms with Crippen LogP contribution in [0, 0.1) is 11.8 Å². The highest BCUT2D eigenvalue weighted by Gasteiger charge is 2.39. The van der Waals surface area contributed by atoms with Crippen LogP contribution >= 0.6 is 0 Å². The maximum absolute atomic E-state index is 13.8. The molecule has 0 saturated heterocycles. The zero-order valence-corrected chi connectivity index (χ0v) is 22.8. The number of carbonyl (C=O) groups is 2. The molecule has 1 aliphatic heterocycles. The molecule has 1 aliphatic rings. The van der Waals surface area contributed by atoms with E-state index in [1.54, 1.807) is 4.90 Å². The summed E-state index contributed by atoms with van der Waals surface area (Å²) in [7, 11) is 0. The number of amides is 1. The maximum atomic E-state index is 13.8. The minimum atomic E-state index is -0.667. The van der Waals surface area contributed by atoms with Crippen LogP contribution in [0.15, 0.2) is 66.2 Å². The highest BCUT2D eigenvalue weighted by atomic mass is 16.6. The summed E-state index contributed by atoms with van der Waals surface area (Å²) in [5, 5.41) is 9.91. The second-order valence-corrected chi connectivity index (χ2v) is 10.9. The van der Waals surface area contributed by atoms with Crippen LogP contribution in [0.25, 0.3) is 0 Å². The van der Waals surface area contributed by atoms with Gasteiger partial charge in [0.05, 0.1) is 12.5 Å². The van der Waals surface area contributed by atoms with Gasteiger partial charge >= 0.3 is 5.97 Å². The maximum Gasteiger partial charge on any atom is 0.329 e. The SMILES string of the molecule is CC[C@H](C)[C@@H](C(=O)OC(C)(C)C)N1CCC(CO)=CC(Cc2ccc(OCc3ccccc3)cc2)C1=O. The van der Waals surface area contributed by atoms with Crippen LogP contribution in [0.2, 0.25) is 0 Å². The Kier molecular flexibility index (Phi) is 9.93. The van der Waals surface area contributed by atoms with Gasteiger partial charge in [0.25, 0.3) is 0 Å². The Morgan fingerprint density at radius 3 is 2.35 bits per heavy atom. The lowest BCUT2D eigenvalue weighted by atomic mass is 9.93. The Morgan fingerprint density at radius 2 is 1.76 bits per heavy atom. The van der Waals surface area contributed by atoms with E-state index in [0.29, 0.717) is 26.0 Å². The van der Waals surface area contributed by atoms with Crippen LogP contribution < -0.4 is 4.74 Å². The molecular weight excluding hydrogens is 466 g/mol. The topological polar surface area (TPSA) is 76.1 Å². The molecule has 0 fully saturated rings. The lowest BCUT2D eigenvalue weighted by Gasteiger charge is -2.36. The summed E-state index contributed by atoms with van der Waals surface area (Å²) >= 11 is 0. The molecule has 3 rings (SSSR count). The fraction of sp³-hybridized carbons (Fsp3) is 0.484. The minimum absolute atomic E-state index is 0.0591. The summed E-state index contributed by atoms with van der Waals surface area (Å²) in [6.07, 6.45) is 3.62. The van der Waals surface area contributed by atoms with Crippen LogP contribution in [0.5, 0.6) is 5.75 Å². The van der Waals surface area contributed by atoms with Gasteiger partial charge in [-0.05, 0) is 68.4 Å². The Balaban J connectivity index is 1.77. The minimum Gasteiger partial charge on any atom is -0.489 e. The zero-order chi connectivity index (χ0) is 27.0. The molecule has 0 spiro atoms. The molecule has 2 aromatic carbocycles. The summed E-state index contributed by atoms with van der Waals surface area (Å²) in [5.74, 6) is -0.258. The first-order valence-corrected chi connectivity index (χ1v) is 13.2. The number of ether oxygens (including phenoxy) is 2. The number of nitrogens with zero attached hydrogens (tertiary/aromatic N) is 1. The molecule has 2 aromatic rings. The molecule has 1 amide bonds. The molecule has 0 aliphatic carbocycles. The third-order valence-electron chi connectivity index (χ3n) is 6.71. The summed E-state index contributed by atoms with van der Waals surface area (Å²) in [4.78, 5) is 28.8. The molecule has 3 atom stereocenters. The summed E-state index contributed by atoms with van der Waals surface area (Å²) in [6.45, 7) is 10.3. The highest BCUT2D eigenvalue weighted by Crippen LogP contribution is 2.28. The molecule has 1 unspecified atom stereocenters. The van der Waals surface area contributed by atoms with Crippen molar-refractivity contribution in [3.63, 3.8) is 0 Å². The van der Waals surface area contributed by atoms with Crippen molar-refractivity contribution in [3.8, 4) is 5.75 Å². The predicted octanol–water partition coefficient (Wildman–Crippen LogP) is 5.33. The van der Waals surface area contributed by atoms with Gasteiger partial charge in [-0.2, -0.15) is 0 Å². The quantitative estimate of drug-likeness (QED) is 0.347. The van der Waals surface area contributed by atoms with Gasteiger partial charge in [0.15, 0.2) is 0 Å². The van der Waals surface area contributed by atoms with E-state index in [-0.39, 0.29) is 24.4 Å². The van der Waals surface area contributed by atoms with Gasteiger partial charge in [0, 0.05) is 6.54 Å². The summed E-state index contributed by atoms with van der Waals surface area (Å²) < 4.78 is 11.6. The van der Waals surface area contributed by atoms with E-state index >= 15 is 0 Å². The smallest absolute Gasteiger partial charge is 0.329 e. The summed E-state index contributed by atoms with van der Waals surface area (Å²) in [6, 6.07) is 17.1. The first-order chi connectivity index (χ1) is 17.6. The average Bonchev–Trinajstić information content (AvgIpc) is 3.02. The number of hydrogen-bond acceptors (Lipinski definition) is 5. The molecular formula is C31H41NO5. The summed E-state index contributed by atoms with van der Waals surface area (Å²) in [5.41, 5.74) is 2.25. The molecule has 0 radical (unpaired) electrons. The Morgan fingerprint density at radius 1 is 1.08 bits per heavy atom. The van der Waals surface area contributed by atoms with E-state index in [1.807, 2.05) is 95.3 Å². The number of rotatable bonds is 10. The van der Waals surface area contributed by atoms with Crippen molar-refractivity contribution < 1.29 is 24.2 Å². The van der Waals surface area contributed by atoms with Gasteiger partial charge < -0.3 is 19.5 Å². The molecule has 200 valence electrons. The van der Waals surface area contributed by atoms with E-state index in [9.17, 15) is 14.7 Å². The number of aliphatic hydroxyl groups is 1. The van der Waals surface area contributed by atoms with Gasteiger partial charge in [-0.15, -0.1) is 0 Å². The molecule has 1 heterocycles. The number of esters is 1. The fourth-order valence-corrected chi connectivity index (χ4v) is 4.55. The van der Waals surface area contributed by atoms with Crippen LogP contribution in [-0.4, -0.2) is 46.7 Å². The standard InChI is InChI=1S/C31H41NO5/c1-6-22(2)28(30(35)37-31(3,4)5)32-17-16-25(20-33)19-26(29(32)34)18-23-12-14-27(15-13-23)36-21-24-10-8-7-9-11-24/h7-15,19,22,26,28,33H,6,16-18,20-21H2,1-5H3/t22-,26?,28-/m0/s1. The number of carbonyl (C=O) groups excluding carboxylic acids is 2. The van der Waals surface area contributed by atoms with Crippen molar-refractivity contribution in [3.05, 3.63) is 77.4 Å². The highest BCUT2D eigenvalue weighted by molar-refractivity contribution is 5.87. The number of aliphatic hydroxyl groups excluding tert-OH is 1. The van der Waals surface area contributed by atoms with Crippen LogP contribution in [0.4, 0.5) is 0 Å². The van der Waals surface area contributed by atoms with Crippen molar-refractivity contribution in [1.29, 1.82) is 0 Å². The van der Waals surface area contributed by atoms with E-state index in [4.69, 9.17) is 9.47 Å². The van der Waals surface area contributed by atoms with Crippen molar-refractivity contribution in [1.82, 2.24) is 4.90 Å². The molecule has 0 bridgehead atoms. The first-order valence-electron chi connectivity index (χ1n) is 13.2. The van der Waals surface area contributed by atoms with Crippen molar-refractivity contribution in [2.45, 2.75) is 72.1 Å². The number of hydrogen-bond donors (Lipinski definition) is 1. The van der Waals surface area contributed by atoms with Gasteiger partial charge in [-0.1, -0.05) is 68.8 Å². The second kappa shape index (κ2) is 12.9. The molecule has 6 nitrogen and oxygen atoms in total. The van der Waals surface area contributed by atoms with Crippen molar-refractivity contribution in [2.75, 3.05) is 13.2 Å². The Hall–Kier alpha value is -3.12. The molecule has 0 aromatic heterocycles. The van der Waals surface area contributed by atoms with Crippen molar-refractivity contribution in [2.24, 2.45) is 11.8 Å². The predicted molar refractivity (Wildman–Crippen MR) is 145 cm³/mol. The van der Waals surface area contributed by atoms with Gasteiger partial charge in [0.1, 0.15) is 24.0 Å². The van der Waals surface area contributed by atoms with Crippen molar-refractivity contribution >= 4 is 11.9 Å². The van der Waals surface area contributed by atoms with Crippen LogP contribution in [0.1, 0.15) is 58.6 Å². The lowest BCUT2D eigenvalue weighted by Crippen LogP contribution is -2.52. The third kappa shape index (κ3) is 8.19. The first kappa shape index (κ1) is 28.5. The van der Waals surface area contributed by atoms with E-state index < -0.39 is 17.6 Å². The normalized spacial score (nSPS) is 18.0. The molecule has 1 N–H and O–H groups in total. The van der Waals surface area contributed by atoms with Gasteiger partial charge in [0.2, 0.25) is 5.91 Å².